The maximum absolute atomic E-state index is 12.2. The van der Waals surface area contributed by atoms with Gasteiger partial charge in [0, 0.05) is 0 Å². The van der Waals surface area contributed by atoms with Crippen molar-refractivity contribution < 1.29 is 14.3 Å². The molecule has 2 aromatic rings. The van der Waals surface area contributed by atoms with E-state index < -0.39 is 0 Å². The number of benzene rings is 1. The van der Waals surface area contributed by atoms with Gasteiger partial charge in [0.1, 0.15) is 0 Å². The monoisotopic (exact) mass is 423 g/mol. The van der Waals surface area contributed by atoms with Crippen LogP contribution in [0, 0.1) is 0 Å². The van der Waals surface area contributed by atoms with Crippen LogP contribution in [-0.2, 0) is 9.53 Å². The summed E-state index contributed by atoms with van der Waals surface area (Å²) in [6.07, 6.45) is 0.495. The number of anilines is 1. The number of hydrogen-bond acceptors (Lipinski definition) is 5. The summed E-state index contributed by atoms with van der Waals surface area (Å²) in [5.41, 5.74) is 0.782. The van der Waals surface area contributed by atoms with E-state index in [-0.39, 0.29) is 26.4 Å². The average molecular weight is 422 g/mol. The second kappa shape index (κ2) is 8.82. The van der Waals surface area contributed by atoms with Gasteiger partial charge in [0.15, 0.2) is 0 Å². The van der Waals surface area contributed by atoms with E-state index in [1.54, 1.807) is 0 Å². The van der Waals surface area contributed by atoms with Crippen molar-refractivity contribution in [1.82, 2.24) is 9.80 Å². The van der Waals surface area contributed by atoms with Crippen molar-refractivity contribution in [2.75, 3.05) is 51.7 Å². The van der Waals surface area contributed by atoms with Gasteiger partial charge in [0.2, 0.25) is 0 Å². The van der Waals surface area contributed by atoms with E-state index >= 15 is 0 Å². The molecule has 0 radical (unpaired) electrons. The van der Waals surface area contributed by atoms with E-state index in [1.165, 1.54) is 0 Å². The maximum atomic E-state index is 12.2. The van der Waals surface area contributed by atoms with Crippen molar-refractivity contribution in [3.05, 3.63) is 28.7 Å². The molecule has 1 saturated heterocycles. The van der Waals surface area contributed by atoms with Gasteiger partial charge < -0.3 is 0 Å². The molecule has 0 saturated carbocycles. The molecular weight excluding hydrogens is 397 g/mol. The molecule has 1 aliphatic heterocycles. The van der Waals surface area contributed by atoms with Crippen LogP contribution in [0.1, 0.15) is 22.6 Å². The normalized spacial score (nSPS) is 15.9. The first-order valence-electron chi connectivity index (χ1n) is 8.96. The van der Waals surface area contributed by atoms with Crippen LogP contribution < -0.4 is 5.32 Å². The standard InChI is InChI=1S/C19H25N3O3Se/c1-3-25-19(24)17-13-14-12-15(4-5-16(14)26-17)20-18(23)6-7-22-10-8-21(2)9-11-22/h4-5,12-13H,3,6-11H2,1-2H3,(H,20,23). The summed E-state index contributed by atoms with van der Waals surface area (Å²) in [4.78, 5) is 28.8. The Hall–Kier alpha value is -1.66. The van der Waals surface area contributed by atoms with E-state index in [0.29, 0.717) is 13.0 Å². The molecule has 1 aromatic heterocycles. The molecule has 2 heterocycles. The van der Waals surface area contributed by atoms with E-state index in [1.807, 2.05) is 31.2 Å². The number of nitrogens with one attached hydrogen (secondary N) is 1. The van der Waals surface area contributed by atoms with Gasteiger partial charge in [-0.3, -0.25) is 0 Å². The predicted octanol–water partition coefficient (Wildman–Crippen LogP) is 1.65. The minimum atomic E-state index is -0.235. The number of fused-ring (bicyclic) bond motifs is 1. The summed E-state index contributed by atoms with van der Waals surface area (Å²) in [5.74, 6) is -0.205. The van der Waals surface area contributed by atoms with Gasteiger partial charge in [-0.15, -0.1) is 0 Å². The second-order valence-electron chi connectivity index (χ2n) is 6.53. The Labute approximate surface area is 159 Å². The summed E-state index contributed by atoms with van der Waals surface area (Å²) in [6, 6.07) is 7.73. The number of amides is 1. The fourth-order valence-corrected chi connectivity index (χ4v) is 4.94. The molecule has 6 nitrogen and oxygen atoms in total. The average Bonchev–Trinajstić information content (AvgIpc) is 3.05. The number of ether oxygens (including phenoxy) is 1. The molecule has 26 heavy (non-hydrogen) atoms. The van der Waals surface area contributed by atoms with E-state index in [4.69, 9.17) is 4.74 Å². The van der Waals surface area contributed by atoms with Crippen molar-refractivity contribution in [2.24, 2.45) is 0 Å². The number of likely N-dealkylation sites (N-methyl/N-ethyl adjacent to an activating group) is 1. The predicted molar refractivity (Wildman–Crippen MR) is 104 cm³/mol. The van der Waals surface area contributed by atoms with Gasteiger partial charge in [-0.1, -0.05) is 0 Å². The molecule has 1 aliphatic rings. The zero-order valence-electron chi connectivity index (χ0n) is 15.3. The van der Waals surface area contributed by atoms with Gasteiger partial charge in [0.25, 0.3) is 0 Å². The molecule has 0 unspecified atom stereocenters. The molecule has 1 aromatic carbocycles. The topological polar surface area (TPSA) is 61.9 Å². The number of carbonyl (C=O) groups excluding carboxylic acids is 2. The molecule has 0 bridgehead atoms. The number of rotatable bonds is 6. The van der Waals surface area contributed by atoms with Crippen LogP contribution >= 0.6 is 0 Å². The molecule has 140 valence electrons. The number of carbonyl (C=O) groups is 2. The summed E-state index contributed by atoms with van der Waals surface area (Å²) in [6.45, 7) is 7.14. The first kappa shape index (κ1) is 19.1. The fraction of sp³-hybridized carbons (Fsp3) is 0.474. The van der Waals surface area contributed by atoms with Crippen molar-refractivity contribution in [3.63, 3.8) is 0 Å². The zero-order valence-corrected chi connectivity index (χ0v) is 17.0. The van der Waals surface area contributed by atoms with Crippen LogP contribution in [0.5, 0.6) is 0 Å². The minimum absolute atomic E-state index is 0.0223. The Kier molecular flexibility index (Phi) is 6.48. The Morgan fingerprint density at radius 2 is 1.96 bits per heavy atom. The second-order valence-corrected chi connectivity index (χ2v) is 8.80. The summed E-state index contributed by atoms with van der Waals surface area (Å²) in [5, 5.41) is 3.98. The molecule has 7 heteroatoms. The van der Waals surface area contributed by atoms with Crippen LogP contribution in [0.3, 0.4) is 0 Å². The molecule has 1 fully saturated rings. The van der Waals surface area contributed by atoms with Crippen molar-refractivity contribution in [1.29, 1.82) is 0 Å². The van der Waals surface area contributed by atoms with Crippen LogP contribution in [0.2, 0.25) is 0 Å². The third-order valence-electron chi connectivity index (χ3n) is 4.53. The zero-order chi connectivity index (χ0) is 18.5. The van der Waals surface area contributed by atoms with Crippen molar-refractivity contribution in [3.8, 4) is 0 Å². The summed E-state index contributed by atoms with van der Waals surface area (Å²) >= 11 is -0.0223. The Balaban J connectivity index is 1.56. The Morgan fingerprint density at radius 1 is 1.19 bits per heavy atom. The fourth-order valence-electron chi connectivity index (χ4n) is 2.98. The molecule has 0 atom stereocenters. The van der Waals surface area contributed by atoms with E-state index in [0.717, 1.165) is 52.5 Å². The Bertz CT molecular complexity index is 781. The van der Waals surface area contributed by atoms with Crippen LogP contribution in [0.4, 0.5) is 5.69 Å². The van der Waals surface area contributed by atoms with Gasteiger partial charge in [-0.25, -0.2) is 0 Å². The molecule has 3 rings (SSSR count). The third-order valence-corrected chi connectivity index (χ3v) is 6.83. The molecule has 0 aliphatic carbocycles. The van der Waals surface area contributed by atoms with Crippen LogP contribution in [0.15, 0.2) is 24.3 Å². The molecule has 0 spiro atoms. The number of nitrogens with zero attached hydrogens (tertiary/aromatic N) is 2. The molecule has 1 amide bonds. The number of hydrogen-bond donors (Lipinski definition) is 1. The summed E-state index contributed by atoms with van der Waals surface area (Å²) in [7, 11) is 2.13. The van der Waals surface area contributed by atoms with E-state index in [2.05, 4.69) is 22.2 Å². The van der Waals surface area contributed by atoms with Crippen LogP contribution in [0.25, 0.3) is 9.65 Å². The summed E-state index contributed by atoms with van der Waals surface area (Å²) < 4.78 is 6.96. The quantitative estimate of drug-likeness (QED) is 0.567. The van der Waals surface area contributed by atoms with Gasteiger partial charge >= 0.3 is 153 Å². The number of piperazine rings is 1. The Morgan fingerprint density at radius 3 is 2.69 bits per heavy atom. The molecule has 1 N–H and O–H groups in total. The van der Waals surface area contributed by atoms with Crippen molar-refractivity contribution >= 4 is 41.7 Å². The van der Waals surface area contributed by atoms with Gasteiger partial charge in [-0.2, -0.15) is 0 Å². The SMILES string of the molecule is CCOC(=O)c1cc2cc(NC(=O)CCN3CCN(C)CC3)ccc2[se]1. The first-order chi connectivity index (χ1) is 12.5. The number of esters is 1. The van der Waals surface area contributed by atoms with Crippen LogP contribution in [-0.4, -0.2) is 82.6 Å². The van der Waals surface area contributed by atoms with Gasteiger partial charge in [0.05, 0.1) is 0 Å². The first-order valence-corrected chi connectivity index (χ1v) is 10.7. The van der Waals surface area contributed by atoms with E-state index in [9.17, 15) is 9.59 Å². The van der Waals surface area contributed by atoms with Crippen molar-refractivity contribution in [2.45, 2.75) is 13.3 Å². The van der Waals surface area contributed by atoms with Gasteiger partial charge in [-0.05, 0) is 7.05 Å². The molecular formula is C19H25N3O3Se. The third kappa shape index (κ3) is 4.95.